The summed E-state index contributed by atoms with van der Waals surface area (Å²) in [7, 11) is 1.73. The van der Waals surface area contributed by atoms with E-state index in [0.717, 1.165) is 12.3 Å². The third kappa shape index (κ3) is 1.93. The van der Waals surface area contributed by atoms with Gasteiger partial charge in [-0.25, -0.2) is 0 Å². The lowest BCUT2D eigenvalue weighted by Gasteiger charge is -2.39. The third-order valence-corrected chi connectivity index (χ3v) is 3.96. The van der Waals surface area contributed by atoms with Crippen molar-refractivity contribution >= 4 is 11.3 Å². The highest BCUT2D eigenvalue weighted by Crippen LogP contribution is 2.32. The van der Waals surface area contributed by atoms with Crippen LogP contribution < -0.4 is 10.1 Å². The van der Waals surface area contributed by atoms with Crippen LogP contribution in [-0.4, -0.2) is 12.6 Å². The van der Waals surface area contributed by atoms with Gasteiger partial charge in [-0.2, -0.15) is 0 Å². The highest BCUT2D eigenvalue weighted by molar-refractivity contribution is 7.10. The molecule has 1 aromatic rings. The molecule has 0 bridgehead atoms. The molecule has 0 atom stereocenters. The first-order valence-electron chi connectivity index (χ1n) is 5.09. The molecule has 1 N–H and O–H groups in total. The fourth-order valence-corrected chi connectivity index (χ4v) is 2.60. The summed E-state index contributed by atoms with van der Waals surface area (Å²) in [6.07, 6.45) is 3.98. The topological polar surface area (TPSA) is 21.3 Å². The monoisotopic (exact) mass is 211 g/mol. The molecule has 0 aliphatic heterocycles. The summed E-state index contributed by atoms with van der Waals surface area (Å²) < 4.78 is 5.27. The van der Waals surface area contributed by atoms with Gasteiger partial charge >= 0.3 is 0 Å². The third-order valence-electron chi connectivity index (χ3n) is 3.06. The van der Waals surface area contributed by atoms with Gasteiger partial charge in [0, 0.05) is 12.1 Å². The smallest absolute Gasteiger partial charge is 0.134 e. The van der Waals surface area contributed by atoms with Crippen LogP contribution in [0, 0.1) is 0 Å². The van der Waals surface area contributed by atoms with Crippen molar-refractivity contribution in [1.29, 1.82) is 0 Å². The van der Waals surface area contributed by atoms with Crippen LogP contribution in [0.1, 0.15) is 31.1 Å². The first kappa shape index (κ1) is 9.99. The van der Waals surface area contributed by atoms with Gasteiger partial charge in [0.2, 0.25) is 0 Å². The Hall–Kier alpha value is -0.540. The Morgan fingerprint density at radius 1 is 1.57 bits per heavy atom. The summed E-state index contributed by atoms with van der Waals surface area (Å²) >= 11 is 1.76. The molecule has 78 valence electrons. The zero-order valence-corrected chi connectivity index (χ0v) is 9.62. The minimum Gasteiger partial charge on any atom is -0.496 e. The second kappa shape index (κ2) is 3.91. The highest BCUT2D eigenvalue weighted by atomic mass is 32.1. The van der Waals surface area contributed by atoms with E-state index in [1.807, 2.05) is 6.07 Å². The minimum atomic E-state index is 0.384. The Balaban J connectivity index is 1.91. The Kier molecular flexibility index (Phi) is 2.79. The van der Waals surface area contributed by atoms with Gasteiger partial charge in [-0.15, -0.1) is 11.3 Å². The van der Waals surface area contributed by atoms with Crippen molar-refractivity contribution in [3.05, 3.63) is 16.3 Å². The van der Waals surface area contributed by atoms with Crippen LogP contribution in [0.3, 0.4) is 0 Å². The van der Waals surface area contributed by atoms with Crippen molar-refractivity contribution in [2.45, 2.75) is 38.3 Å². The molecule has 0 spiro atoms. The van der Waals surface area contributed by atoms with Gasteiger partial charge in [0.25, 0.3) is 0 Å². The molecule has 2 rings (SSSR count). The Bertz CT molecular complexity index is 304. The first-order valence-corrected chi connectivity index (χ1v) is 5.97. The van der Waals surface area contributed by atoms with Crippen LogP contribution in [0.5, 0.6) is 5.75 Å². The highest BCUT2D eigenvalue weighted by Gasteiger charge is 2.30. The summed E-state index contributed by atoms with van der Waals surface area (Å²) in [4.78, 5) is 1.31. The average molecular weight is 211 g/mol. The van der Waals surface area contributed by atoms with Crippen molar-refractivity contribution in [3.8, 4) is 5.75 Å². The predicted molar refractivity (Wildman–Crippen MR) is 60.0 cm³/mol. The lowest BCUT2D eigenvalue weighted by molar-refractivity contribution is 0.206. The number of nitrogens with one attached hydrogen (secondary N) is 1. The van der Waals surface area contributed by atoms with Gasteiger partial charge in [-0.3, -0.25) is 0 Å². The van der Waals surface area contributed by atoms with E-state index >= 15 is 0 Å². The summed E-state index contributed by atoms with van der Waals surface area (Å²) in [5.41, 5.74) is 0.384. The lowest BCUT2D eigenvalue weighted by atomic mass is 9.78. The van der Waals surface area contributed by atoms with E-state index in [0.29, 0.717) is 5.54 Å². The molecule has 1 aliphatic carbocycles. The quantitative estimate of drug-likeness (QED) is 0.827. The van der Waals surface area contributed by atoms with Gasteiger partial charge in [-0.1, -0.05) is 0 Å². The average Bonchev–Trinajstić information content (AvgIpc) is 2.58. The molecular weight excluding hydrogens is 194 g/mol. The molecule has 3 heteroatoms. The summed E-state index contributed by atoms with van der Waals surface area (Å²) in [5.74, 6) is 1.02. The molecule has 1 aromatic heterocycles. The minimum absolute atomic E-state index is 0.384. The van der Waals surface area contributed by atoms with Crippen LogP contribution in [0.2, 0.25) is 0 Å². The van der Waals surface area contributed by atoms with Crippen LogP contribution in [0.4, 0.5) is 0 Å². The van der Waals surface area contributed by atoms with Crippen molar-refractivity contribution in [2.24, 2.45) is 0 Å². The molecule has 0 radical (unpaired) electrons. The Labute approximate surface area is 89.3 Å². The lowest BCUT2D eigenvalue weighted by Crippen LogP contribution is -2.47. The fraction of sp³-hybridized carbons (Fsp3) is 0.636. The molecule has 1 heterocycles. The molecule has 14 heavy (non-hydrogen) atoms. The molecular formula is C11H17NOS. The van der Waals surface area contributed by atoms with Gasteiger partial charge in [0.05, 0.1) is 12.0 Å². The van der Waals surface area contributed by atoms with Crippen LogP contribution in [0.15, 0.2) is 11.4 Å². The maximum Gasteiger partial charge on any atom is 0.134 e. The van der Waals surface area contributed by atoms with E-state index in [-0.39, 0.29) is 0 Å². The number of ether oxygens (including phenoxy) is 1. The van der Waals surface area contributed by atoms with Gasteiger partial charge in [0.1, 0.15) is 5.75 Å². The Morgan fingerprint density at radius 2 is 2.36 bits per heavy atom. The summed E-state index contributed by atoms with van der Waals surface area (Å²) in [6.45, 7) is 3.24. The van der Waals surface area contributed by atoms with Gasteiger partial charge < -0.3 is 10.1 Å². The number of thiophene rings is 1. The van der Waals surface area contributed by atoms with Crippen LogP contribution in [-0.2, 0) is 6.54 Å². The molecule has 1 fully saturated rings. The standard InChI is InChI=1S/C11H17NOS/c1-11(5-3-6-11)12-8-10-9(13-2)4-7-14-10/h4,7,12H,3,5-6,8H2,1-2H3. The molecule has 1 aliphatic rings. The van der Waals surface area contributed by atoms with E-state index in [9.17, 15) is 0 Å². The number of hydrogen-bond acceptors (Lipinski definition) is 3. The van der Waals surface area contributed by atoms with Gasteiger partial charge in [-0.05, 0) is 37.6 Å². The Morgan fingerprint density at radius 3 is 2.93 bits per heavy atom. The van der Waals surface area contributed by atoms with E-state index in [4.69, 9.17) is 4.74 Å². The van der Waals surface area contributed by atoms with Crippen LogP contribution in [0.25, 0.3) is 0 Å². The maximum absolute atomic E-state index is 5.27. The predicted octanol–water partition coefficient (Wildman–Crippen LogP) is 2.79. The van der Waals surface area contributed by atoms with E-state index < -0.39 is 0 Å². The number of rotatable bonds is 4. The van der Waals surface area contributed by atoms with E-state index in [1.54, 1.807) is 18.4 Å². The molecule has 1 saturated carbocycles. The van der Waals surface area contributed by atoms with Crippen molar-refractivity contribution < 1.29 is 4.74 Å². The van der Waals surface area contributed by atoms with E-state index in [1.165, 1.54) is 24.1 Å². The SMILES string of the molecule is COc1ccsc1CNC1(C)CCC1. The number of hydrogen-bond donors (Lipinski definition) is 1. The van der Waals surface area contributed by atoms with Gasteiger partial charge in [0.15, 0.2) is 0 Å². The maximum atomic E-state index is 5.27. The molecule has 0 unspecified atom stereocenters. The van der Waals surface area contributed by atoms with E-state index in [2.05, 4.69) is 17.6 Å². The second-order valence-electron chi connectivity index (χ2n) is 4.18. The van der Waals surface area contributed by atoms with Crippen molar-refractivity contribution in [2.75, 3.05) is 7.11 Å². The zero-order valence-electron chi connectivity index (χ0n) is 8.80. The molecule has 0 aromatic carbocycles. The molecule has 0 saturated heterocycles. The summed E-state index contributed by atoms with van der Waals surface area (Å²) in [5, 5.41) is 5.69. The zero-order chi connectivity index (χ0) is 10.0. The number of methoxy groups -OCH3 is 1. The second-order valence-corrected chi connectivity index (χ2v) is 5.18. The van der Waals surface area contributed by atoms with Crippen molar-refractivity contribution in [3.63, 3.8) is 0 Å². The first-order chi connectivity index (χ1) is 6.73. The fourth-order valence-electron chi connectivity index (χ4n) is 1.82. The molecule has 0 amide bonds. The largest absolute Gasteiger partial charge is 0.496 e. The normalized spacial score (nSPS) is 19.0. The molecule has 2 nitrogen and oxygen atoms in total. The summed E-state index contributed by atoms with van der Waals surface area (Å²) in [6, 6.07) is 2.03. The van der Waals surface area contributed by atoms with Crippen molar-refractivity contribution in [1.82, 2.24) is 5.32 Å². The van der Waals surface area contributed by atoms with Crippen LogP contribution >= 0.6 is 11.3 Å².